The van der Waals surface area contributed by atoms with E-state index in [0.717, 1.165) is 24.2 Å². The quantitative estimate of drug-likeness (QED) is 0.882. The van der Waals surface area contributed by atoms with Gasteiger partial charge in [0.1, 0.15) is 15.6 Å². The molecule has 0 unspecified atom stereocenters. The molecule has 5 nitrogen and oxygen atoms in total. The molecule has 0 saturated carbocycles. The second-order valence-corrected chi connectivity index (χ2v) is 8.32. The Morgan fingerprint density at radius 3 is 2.62 bits per heavy atom. The fourth-order valence-electron chi connectivity index (χ4n) is 2.63. The highest BCUT2D eigenvalue weighted by Crippen LogP contribution is 2.27. The summed E-state index contributed by atoms with van der Waals surface area (Å²) in [5, 5.41) is 4.18. The first-order chi connectivity index (χ1) is 11.5. The maximum absolute atomic E-state index is 13.6. The van der Waals surface area contributed by atoms with E-state index < -0.39 is 21.7 Å². The molecule has 1 fully saturated rings. The van der Waals surface area contributed by atoms with Gasteiger partial charge in [-0.2, -0.15) is 4.31 Å². The van der Waals surface area contributed by atoms with E-state index >= 15 is 0 Å². The number of nitrogens with zero attached hydrogens (tertiary/aromatic N) is 1. The molecule has 24 heavy (non-hydrogen) atoms. The first kappa shape index (κ1) is 17.1. The molecule has 1 aromatic heterocycles. The summed E-state index contributed by atoms with van der Waals surface area (Å²) >= 11 is 1.07. The van der Waals surface area contributed by atoms with Crippen LogP contribution in [0, 0.1) is 5.82 Å². The van der Waals surface area contributed by atoms with Crippen LogP contribution in [0.3, 0.4) is 0 Å². The van der Waals surface area contributed by atoms with Gasteiger partial charge in [0.05, 0.1) is 0 Å². The van der Waals surface area contributed by atoms with Gasteiger partial charge in [0.25, 0.3) is 5.91 Å². The Morgan fingerprint density at radius 2 is 1.92 bits per heavy atom. The number of carbonyl (C=O) groups excluding carboxylic acids is 1. The fourth-order valence-corrected chi connectivity index (χ4v) is 5.47. The second-order valence-electron chi connectivity index (χ2n) is 5.50. The summed E-state index contributed by atoms with van der Waals surface area (Å²) in [6, 6.07) is 7.60. The Kier molecular flexibility index (Phi) is 4.98. The number of sulfonamides is 1. The lowest BCUT2D eigenvalue weighted by Crippen LogP contribution is -2.30. The van der Waals surface area contributed by atoms with Crippen LogP contribution in [-0.4, -0.2) is 31.7 Å². The average Bonchev–Trinajstić information content (AvgIpc) is 3.25. The van der Waals surface area contributed by atoms with Crippen molar-refractivity contribution >= 4 is 27.3 Å². The Balaban J connectivity index is 1.77. The van der Waals surface area contributed by atoms with Crippen molar-refractivity contribution in [3.63, 3.8) is 0 Å². The van der Waals surface area contributed by atoms with Gasteiger partial charge in [-0.05, 0) is 30.4 Å². The van der Waals surface area contributed by atoms with E-state index in [1.807, 2.05) is 0 Å². The fraction of sp³-hybridized carbons (Fsp3) is 0.312. The summed E-state index contributed by atoms with van der Waals surface area (Å²) in [5.41, 5.74) is 0.353. The standard InChI is InChI=1S/C16H17FN2O3S2/c17-13-6-2-1-5-12(13)11-18-16(20)15-14(7-10-23-15)24(21,22)19-8-3-4-9-19/h1-2,5-7,10H,3-4,8-9,11H2,(H,18,20). The molecular formula is C16H17FN2O3S2. The second kappa shape index (κ2) is 7.00. The lowest BCUT2D eigenvalue weighted by molar-refractivity contribution is 0.0951. The minimum atomic E-state index is -3.65. The number of hydrogen-bond donors (Lipinski definition) is 1. The molecule has 0 radical (unpaired) electrons. The summed E-state index contributed by atoms with van der Waals surface area (Å²) in [7, 11) is -3.65. The van der Waals surface area contributed by atoms with Crippen molar-refractivity contribution in [2.75, 3.05) is 13.1 Å². The van der Waals surface area contributed by atoms with Crippen LogP contribution in [0.2, 0.25) is 0 Å². The molecule has 2 heterocycles. The Hall–Kier alpha value is -1.77. The van der Waals surface area contributed by atoms with Gasteiger partial charge in [-0.15, -0.1) is 11.3 Å². The van der Waals surface area contributed by atoms with Crippen molar-refractivity contribution in [3.8, 4) is 0 Å². The zero-order valence-corrected chi connectivity index (χ0v) is 14.5. The van der Waals surface area contributed by atoms with E-state index in [1.165, 1.54) is 16.4 Å². The summed E-state index contributed by atoms with van der Waals surface area (Å²) in [5.74, 6) is -0.917. The summed E-state index contributed by atoms with van der Waals surface area (Å²) < 4.78 is 40.3. The zero-order valence-electron chi connectivity index (χ0n) is 12.9. The van der Waals surface area contributed by atoms with Gasteiger partial charge in [-0.1, -0.05) is 18.2 Å². The maximum atomic E-state index is 13.6. The Morgan fingerprint density at radius 1 is 1.21 bits per heavy atom. The third kappa shape index (κ3) is 3.35. The van der Waals surface area contributed by atoms with Gasteiger partial charge in [-0.25, -0.2) is 12.8 Å². The van der Waals surface area contributed by atoms with Crippen molar-refractivity contribution in [2.45, 2.75) is 24.3 Å². The molecule has 128 valence electrons. The van der Waals surface area contributed by atoms with Gasteiger partial charge in [0.15, 0.2) is 0 Å². The molecule has 1 saturated heterocycles. The monoisotopic (exact) mass is 368 g/mol. The molecule has 0 atom stereocenters. The van der Waals surface area contributed by atoms with E-state index in [9.17, 15) is 17.6 Å². The van der Waals surface area contributed by atoms with Gasteiger partial charge < -0.3 is 5.32 Å². The molecule has 0 bridgehead atoms. The van der Waals surface area contributed by atoms with Crippen LogP contribution >= 0.6 is 11.3 Å². The number of rotatable bonds is 5. The minimum Gasteiger partial charge on any atom is -0.347 e. The SMILES string of the molecule is O=C(NCc1ccccc1F)c1sccc1S(=O)(=O)N1CCCC1. The van der Waals surface area contributed by atoms with Crippen LogP contribution in [0.1, 0.15) is 28.1 Å². The lowest BCUT2D eigenvalue weighted by Gasteiger charge is -2.15. The van der Waals surface area contributed by atoms with Crippen molar-refractivity contribution in [1.82, 2.24) is 9.62 Å². The van der Waals surface area contributed by atoms with E-state index in [1.54, 1.807) is 23.6 Å². The van der Waals surface area contributed by atoms with E-state index in [0.29, 0.717) is 18.7 Å². The molecule has 1 amide bonds. The first-order valence-corrected chi connectivity index (χ1v) is 9.91. The van der Waals surface area contributed by atoms with Crippen molar-refractivity contribution < 1.29 is 17.6 Å². The topological polar surface area (TPSA) is 66.5 Å². The molecule has 8 heteroatoms. The molecular weight excluding hydrogens is 351 g/mol. The average molecular weight is 368 g/mol. The van der Waals surface area contributed by atoms with Gasteiger partial charge in [0, 0.05) is 25.2 Å². The predicted octanol–water partition coefficient (Wildman–Crippen LogP) is 2.60. The van der Waals surface area contributed by atoms with E-state index in [-0.39, 0.29) is 16.3 Å². The minimum absolute atomic E-state index is 0.00656. The molecule has 1 aliphatic rings. The lowest BCUT2D eigenvalue weighted by atomic mass is 10.2. The van der Waals surface area contributed by atoms with Gasteiger partial charge >= 0.3 is 0 Å². The normalized spacial score (nSPS) is 15.5. The van der Waals surface area contributed by atoms with Crippen molar-refractivity contribution in [2.24, 2.45) is 0 Å². The number of benzene rings is 1. The molecule has 3 rings (SSSR count). The largest absolute Gasteiger partial charge is 0.347 e. The molecule has 1 aliphatic heterocycles. The van der Waals surface area contributed by atoms with E-state index in [2.05, 4.69) is 5.32 Å². The van der Waals surface area contributed by atoms with Crippen molar-refractivity contribution in [3.05, 3.63) is 52.0 Å². The summed E-state index contributed by atoms with van der Waals surface area (Å²) in [6.07, 6.45) is 1.66. The number of carbonyl (C=O) groups is 1. The Labute approximate surface area is 144 Å². The van der Waals surface area contributed by atoms with Crippen LogP contribution in [0.4, 0.5) is 4.39 Å². The highest BCUT2D eigenvalue weighted by Gasteiger charge is 2.31. The first-order valence-electron chi connectivity index (χ1n) is 7.59. The Bertz CT molecular complexity index is 843. The van der Waals surface area contributed by atoms with Crippen LogP contribution in [-0.2, 0) is 16.6 Å². The number of thiophene rings is 1. The number of hydrogen-bond acceptors (Lipinski definition) is 4. The highest BCUT2D eigenvalue weighted by atomic mass is 32.2. The zero-order chi connectivity index (χ0) is 17.2. The summed E-state index contributed by atoms with van der Waals surface area (Å²) in [6.45, 7) is 0.968. The highest BCUT2D eigenvalue weighted by molar-refractivity contribution is 7.89. The van der Waals surface area contributed by atoms with Crippen molar-refractivity contribution in [1.29, 1.82) is 0 Å². The van der Waals surface area contributed by atoms with Crippen LogP contribution in [0.5, 0.6) is 0 Å². The molecule has 0 spiro atoms. The molecule has 1 aromatic carbocycles. The summed E-state index contributed by atoms with van der Waals surface area (Å²) in [4.78, 5) is 12.5. The van der Waals surface area contributed by atoms with Crippen LogP contribution in [0.15, 0.2) is 40.6 Å². The van der Waals surface area contributed by atoms with Crippen LogP contribution in [0.25, 0.3) is 0 Å². The maximum Gasteiger partial charge on any atom is 0.263 e. The number of nitrogens with one attached hydrogen (secondary N) is 1. The smallest absolute Gasteiger partial charge is 0.263 e. The van der Waals surface area contributed by atoms with E-state index in [4.69, 9.17) is 0 Å². The number of halogens is 1. The third-order valence-corrected chi connectivity index (χ3v) is 6.90. The predicted molar refractivity (Wildman–Crippen MR) is 89.9 cm³/mol. The number of amides is 1. The molecule has 1 N–H and O–H groups in total. The molecule has 2 aromatic rings. The van der Waals surface area contributed by atoms with Gasteiger partial charge in [-0.3, -0.25) is 4.79 Å². The third-order valence-electron chi connectivity index (χ3n) is 3.92. The van der Waals surface area contributed by atoms with Gasteiger partial charge in [0.2, 0.25) is 10.0 Å². The molecule has 0 aliphatic carbocycles. The van der Waals surface area contributed by atoms with Crippen LogP contribution < -0.4 is 5.32 Å².